The van der Waals surface area contributed by atoms with Crippen molar-refractivity contribution >= 4 is 33.7 Å². The maximum Gasteiger partial charge on any atom is 0.127 e. The minimum Gasteiger partial charge on any atom is -0.351 e. The molecule has 0 aromatic carbocycles. The topological polar surface area (TPSA) is 15.6 Å². The van der Waals surface area contributed by atoms with Crippen LogP contribution in [0.1, 0.15) is 33.3 Å². The van der Waals surface area contributed by atoms with Crippen LogP contribution in [0.15, 0.2) is 28.0 Å². The summed E-state index contributed by atoms with van der Waals surface area (Å²) >= 11 is 3.46. The lowest BCUT2D eigenvalue weighted by atomic mass is 10.1. The standard InChI is InChI=1S/C14H20N2S2/c1-10(2)16-8-12(11-6-7-18-9-11)13(17-5)15-14(16,3)4/h6-10H,1-5H3. The van der Waals surface area contributed by atoms with Gasteiger partial charge in [-0.15, -0.1) is 11.8 Å². The third-order valence-corrected chi connectivity index (χ3v) is 4.47. The molecule has 0 aliphatic carbocycles. The summed E-state index contributed by atoms with van der Waals surface area (Å²) in [7, 11) is 0. The van der Waals surface area contributed by atoms with Gasteiger partial charge in [-0.3, -0.25) is 4.99 Å². The van der Waals surface area contributed by atoms with Crippen LogP contribution in [0, 0.1) is 0 Å². The predicted octanol–water partition coefficient (Wildman–Crippen LogP) is 4.31. The summed E-state index contributed by atoms with van der Waals surface area (Å²) in [6, 6.07) is 2.61. The average Bonchev–Trinajstić information content (AvgIpc) is 2.80. The molecular formula is C14H20N2S2. The quantitative estimate of drug-likeness (QED) is 0.802. The van der Waals surface area contributed by atoms with Crippen LogP contribution in [0.4, 0.5) is 0 Å². The Bertz CT molecular complexity index is 470. The highest BCUT2D eigenvalue weighted by Gasteiger charge is 2.31. The van der Waals surface area contributed by atoms with Gasteiger partial charge in [0.15, 0.2) is 0 Å². The Balaban J connectivity index is 2.47. The molecule has 1 aromatic heterocycles. The van der Waals surface area contributed by atoms with Crippen LogP contribution in [0.2, 0.25) is 0 Å². The van der Waals surface area contributed by atoms with Gasteiger partial charge in [-0.25, -0.2) is 0 Å². The van der Waals surface area contributed by atoms with Gasteiger partial charge in [0.05, 0.1) is 0 Å². The predicted molar refractivity (Wildman–Crippen MR) is 84.3 cm³/mol. The molecular weight excluding hydrogens is 260 g/mol. The van der Waals surface area contributed by atoms with Crippen molar-refractivity contribution in [2.75, 3.05) is 6.26 Å². The SMILES string of the molecule is CSC1=NC(C)(C)N(C(C)C)C=C1c1ccsc1. The van der Waals surface area contributed by atoms with E-state index in [-0.39, 0.29) is 5.66 Å². The van der Waals surface area contributed by atoms with E-state index >= 15 is 0 Å². The largest absolute Gasteiger partial charge is 0.351 e. The highest BCUT2D eigenvalue weighted by molar-refractivity contribution is 8.14. The van der Waals surface area contributed by atoms with Gasteiger partial charge < -0.3 is 4.90 Å². The zero-order chi connectivity index (χ0) is 13.3. The lowest BCUT2D eigenvalue weighted by Gasteiger charge is -2.41. The zero-order valence-corrected chi connectivity index (χ0v) is 13.2. The van der Waals surface area contributed by atoms with Crippen molar-refractivity contribution in [2.24, 2.45) is 4.99 Å². The fourth-order valence-electron chi connectivity index (χ4n) is 2.27. The molecule has 4 heteroatoms. The van der Waals surface area contributed by atoms with Crippen molar-refractivity contribution in [1.29, 1.82) is 0 Å². The number of rotatable bonds is 2. The third-order valence-electron chi connectivity index (χ3n) is 3.09. The molecule has 1 aliphatic heterocycles. The number of hydrogen-bond donors (Lipinski definition) is 0. The summed E-state index contributed by atoms with van der Waals surface area (Å²) in [4.78, 5) is 7.25. The molecule has 0 fully saturated rings. The first-order chi connectivity index (χ1) is 8.45. The summed E-state index contributed by atoms with van der Waals surface area (Å²) in [5.74, 6) is 0. The van der Waals surface area contributed by atoms with Crippen molar-refractivity contribution in [2.45, 2.75) is 39.4 Å². The van der Waals surface area contributed by atoms with Crippen LogP contribution < -0.4 is 0 Å². The number of nitrogens with zero attached hydrogens (tertiary/aromatic N) is 2. The second kappa shape index (κ2) is 5.10. The molecule has 0 atom stereocenters. The van der Waals surface area contributed by atoms with Gasteiger partial charge in [0.2, 0.25) is 0 Å². The van der Waals surface area contributed by atoms with Gasteiger partial charge in [0.25, 0.3) is 0 Å². The highest BCUT2D eigenvalue weighted by Crippen LogP contribution is 2.34. The molecule has 0 amide bonds. The molecule has 0 bridgehead atoms. The van der Waals surface area contributed by atoms with Gasteiger partial charge in [0.1, 0.15) is 10.7 Å². The Morgan fingerprint density at radius 2 is 2.11 bits per heavy atom. The second-order valence-corrected chi connectivity index (χ2v) is 6.75. The first-order valence-electron chi connectivity index (χ1n) is 6.13. The lowest BCUT2D eigenvalue weighted by Crippen LogP contribution is -2.45. The zero-order valence-electron chi connectivity index (χ0n) is 11.6. The van der Waals surface area contributed by atoms with Gasteiger partial charge in [-0.05, 0) is 56.3 Å². The molecule has 2 nitrogen and oxygen atoms in total. The molecule has 2 rings (SSSR count). The Labute approximate surface area is 118 Å². The van der Waals surface area contributed by atoms with Crippen molar-refractivity contribution in [3.8, 4) is 0 Å². The van der Waals surface area contributed by atoms with E-state index in [4.69, 9.17) is 4.99 Å². The highest BCUT2D eigenvalue weighted by atomic mass is 32.2. The molecule has 98 valence electrons. The molecule has 0 radical (unpaired) electrons. The van der Waals surface area contributed by atoms with Crippen LogP contribution in [-0.4, -0.2) is 27.9 Å². The molecule has 0 saturated carbocycles. The summed E-state index contributed by atoms with van der Waals surface area (Å²) < 4.78 is 0. The van der Waals surface area contributed by atoms with Gasteiger partial charge in [-0.1, -0.05) is 0 Å². The average molecular weight is 280 g/mol. The van der Waals surface area contributed by atoms with E-state index in [1.165, 1.54) is 11.1 Å². The van der Waals surface area contributed by atoms with E-state index in [9.17, 15) is 0 Å². The summed E-state index contributed by atoms with van der Waals surface area (Å²) in [5, 5.41) is 5.44. The van der Waals surface area contributed by atoms with Crippen LogP contribution in [-0.2, 0) is 0 Å². The maximum atomic E-state index is 4.91. The van der Waals surface area contributed by atoms with Gasteiger partial charge in [-0.2, -0.15) is 11.3 Å². The summed E-state index contributed by atoms with van der Waals surface area (Å²) in [6.07, 6.45) is 4.37. The molecule has 0 saturated heterocycles. The van der Waals surface area contributed by atoms with Crippen molar-refractivity contribution < 1.29 is 0 Å². The first kappa shape index (κ1) is 13.7. The van der Waals surface area contributed by atoms with Crippen LogP contribution >= 0.6 is 23.1 Å². The molecule has 1 aromatic rings. The van der Waals surface area contributed by atoms with E-state index in [0.717, 1.165) is 5.04 Å². The number of thioether (sulfide) groups is 1. The lowest BCUT2D eigenvalue weighted by molar-refractivity contribution is 0.154. The van der Waals surface area contributed by atoms with Crippen LogP contribution in [0.5, 0.6) is 0 Å². The van der Waals surface area contributed by atoms with Crippen LogP contribution in [0.3, 0.4) is 0 Å². The molecule has 0 spiro atoms. The monoisotopic (exact) mass is 280 g/mol. The Morgan fingerprint density at radius 1 is 1.39 bits per heavy atom. The van der Waals surface area contributed by atoms with Crippen LogP contribution in [0.25, 0.3) is 5.57 Å². The molecule has 0 N–H and O–H groups in total. The third kappa shape index (κ3) is 2.50. The van der Waals surface area contributed by atoms with Crippen molar-refractivity contribution in [3.63, 3.8) is 0 Å². The van der Waals surface area contributed by atoms with E-state index < -0.39 is 0 Å². The molecule has 18 heavy (non-hydrogen) atoms. The Kier molecular flexibility index (Phi) is 3.87. The van der Waals surface area contributed by atoms with E-state index in [2.05, 4.69) is 61.9 Å². The Hall–Kier alpha value is -0.740. The van der Waals surface area contributed by atoms with E-state index in [1.807, 2.05) is 0 Å². The van der Waals surface area contributed by atoms with Crippen molar-refractivity contribution in [1.82, 2.24) is 4.90 Å². The first-order valence-corrected chi connectivity index (χ1v) is 8.29. The number of thiophene rings is 1. The number of hydrogen-bond acceptors (Lipinski definition) is 4. The van der Waals surface area contributed by atoms with E-state index in [1.54, 1.807) is 23.1 Å². The smallest absolute Gasteiger partial charge is 0.127 e. The van der Waals surface area contributed by atoms with Gasteiger partial charge >= 0.3 is 0 Å². The fourth-order valence-corrected chi connectivity index (χ4v) is 3.63. The van der Waals surface area contributed by atoms with Crippen molar-refractivity contribution in [3.05, 3.63) is 28.6 Å². The summed E-state index contributed by atoms with van der Waals surface area (Å²) in [6.45, 7) is 8.76. The Morgan fingerprint density at radius 3 is 2.61 bits per heavy atom. The number of aliphatic imine (C=N–C) groups is 1. The molecule has 0 unspecified atom stereocenters. The molecule has 1 aliphatic rings. The minimum absolute atomic E-state index is 0.161. The minimum atomic E-state index is -0.161. The maximum absolute atomic E-state index is 4.91. The fraction of sp³-hybridized carbons (Fsp3) is 0.500. The second-order valence-electron chi connectivity index (χ2n) is 5.17. The molecule has 2 heterocycles. The van der Waals surface area contributed by atoms with E-state index in [0.29, 0.717) is 6.04 Å². The normalized spacial score (nSPS) is 18.9. The van der Waals surface area contributed by atoms with Gasteiger partial charge in [0, 0.05) is 17.8 Å². The summed E-state index contributed by atoms with van der Waals surface area (Å²) in [5.41, 5.74) is 2.36.